The first-order chi connectivity index (χ1) is 12.1. The summed E-state index contributed by atoms with van der Waals surface area (Å²) in [5.74, 6) is 0. The van der Waals surface area contributed by atoms with Gasteiger partial charge in [-0.25, -0.2) is 13.1 Å². The van der Waals surface area contributed by atoms with Gasteiger partial charge in [-0.3, -0.25) is 14.6 Å². The van der Waals surface area contributed by atoms with E-state index in [2.05, 4.69) is 19.7 Å². The normalized spacial score (nSPS) is 21.2. The molecule has 0 amide bonds. The van der Waals surface area contributed by atoms with Gasteiger partial charge < -0.3 is 0 Å². The lowest BCUT2D eigenvalue weighted by atomic mass is 10.1. The third-order valence-electron chi connectivity index (χ3n) is 4.81. The predicted octanol–water partition coefficient (Wildman–Crippen LogP) is 1.31. The number of nitrogens with one attached hydrogen (secondary N) is 1. The van der Waals surface area contributed by atoms with Crippen LogP contribution in [0.3, 0.4) is 0 Å². The zero-order chi connectivity index (χ0) is 17.3. The second-order valence-electron chi connectivity index (χ2n) is 6.84. The van der Waals surface area contributed by atoms with E-state index >= 15 is 0 Å². The topological polar surface area (TPSA) is 80.1 Å². The minimum absolute atomic E-state index is 0.167. The van der Waals surface area contributed by atoms with Gasteiger partial charge >= 0.3 is 0 Å². The molecule has 2 aromatic rings. The number of hydrogen-bond donors (Lipinski definition) is 1. The number of aromatic nitrogens is 3. The molecule has 0 unspecified atom stereocenters. The zero-order valence-corrected chi connectivity index (χ0v) is 14.9. The Morgan fingerprint density at radius 3 is 2.84 bits per heavy atom. The van der Waals surface area contributed by atoms with E-state index < -0.39 is 10.0 Å². The van der Waals surface area contributed by atoms with Gasteiger partial charge in [0.25, 0.3) is 0 Å². The third kappa shape index (κ3) is 3.91. The average molecular weight is 361 g/mol. The Morgan fingerprint density at radius 1 is 1.20 bits per heavy atom. The number of fused-ring (bicyclic) bond motifs is 1. The van der Waals surface area contributed by atoms with Crippen molar-refractivity contribution in [1.29, 1.82) is 0 Å². The van der Waals surface area contributed by atoms with Crippen LogP contribution in [0.1, 0.15) is 36.7 Å². The Balaban J connectivity index is 1.40. The molecule has 1 atom stereocenters. The van der Waals surface area contributed by atoms with Crippen LogP contribution in [0.25, 0.3) is 0 Å². The number of rotatable bonds is 7. The molecule has 0 bridgehead atoms. The van der Waals surface area contributed by atoms with Crippen molar-refractivity contribution >= 4 is 10.0 Å². The molecule has 25 heavy (non-hydrogen) atoms. The maximum Gasteiger partial charge on any atom is 0.214 e. The van der Waals surface area contributed by atoms with Crippen molar-refractivity contribution in [2.75, 3.05) is 13.1 Å². The van der Waals surface area contributed by atoms with Crippen LogP contribution in [0.5, 0.6) is 0 Å². The lowest BCUT2D eigenvalue weighted by Gasteiger charge is -2.33. The van der Waals surface area contributed by atoms with Gasteiger partial charge in [0.2, 0.25) is 10.0 Å². The summed E-state index contributed by atoms with van der Waals surface area (Å²) in [6.45, 7) is 2.92. The highest BCUT2D eigenvalue weighted by Crippen LogP contribution is 2.28. The van der Waals surface area contributed by atoms with Gasteiger partial charge in [0.15, 0.2) is 0 Å². The van der Waals surface area contributed by atoms with Crippen LogP contribution < -0.4 is 4.72 Å². The molecule has 0 radical (unpaired) electrons. The quantitative estimate of drug-likeness (QED) is 0.804. The molecule has 0 aromatic carbocycles. The van der Waals surface area contributed by atoms with Gasteiger partial charge in [0.1, 0.15) is 0 Å². The molecule has 7 nitrogen and oxygen atoms in total. The van der Waals surface area contributed by atoms with E-state index in [0.717, 1.165) is 50.3 Å². The number of hydrogen-bond acceptors (Lipinski definition) is 5. The minimum atomic E-state index is -3.12. The van der Waals surface area contributed by atoms with Crippen LogP contribution in [-0.4, -0.2) is 46.4 Å². The van der Waals surface area contributed by atoms with Crippen LogP contribution >= 0.6 is 0 Å². The first-order valence-electron chi connectivity index (χ1n) is 8.75. The zero-order valence-electron chi connectivity index (χ0n) is 14.1. The van der Waals surface area contributed by atoms with Gasteiger partial charge in [-0.1, -0.05) is 6.07 Å². The Labute approximate surface area is 148 Å². The lowest BCUT2D eigenvalue weighted by molar-refractivity contribution is 0.160. The summed E-state index contributed by atoms with van der Waals surface area (Å²) >= 11 is 0. The molecule has 8 heteroatoms. The van der Waals surface area contributed by atoms with Crippen LogP contribution in [0.15, 0.2) is 36.7 Å². The van der Waals surface area contributed by atoms with Gasteiger partial charge in [-0.05, 0) is 37.5 Å². The molecular formula is C17H23N5O2S. The minimum Gasteiger partial charge on any atom is -0.290 e. The Morgan fingerprint density at radius 2 is 2.08 bits per heavy atom. The molecule has 4 rings (SSSR count). The molecular weight excluding hydrogens is 338 g/mol. The standard InChI is InChI=1S/C17H23N5O2S/c23-25(24,17-4-5-17)20-10-7-16-13-21(11-14-3-1-2-8-18-14)12-15-6-9-19-22(15)16/h1-3,6,8-9,16-17,20H,4-5,7,10-13H2/t16-/m0/s1. The van der Waals surface area contributed by atoms with Crippen LogP contribution in [0.2, 0.25) is 0 Å². The summed E-state index contributed by atoms with van der Waals surface area (Å²) in [7, 11) is -3.12. The van der Waals surface area contributed by atoms with E-state index in [-0.39, 0.29) is 11.3 Å². The SMILES string of the molecule is O=S(=O)(NCC[C@H]1CN(Cc2ccccn2)Cc2ccnn21)C1CC1. The first-order valence-corrected chi connectivity index (χ1v) is 10.3. The third-order valence-corrected chi connectivity index (χ3v) is 6.76. The molecule has 1 saturated carbocycles. The summed E-state index contributed by atoms with van der Waals surface area (Å²) in [6, 6.07) is 8.16. The number of pyridine rings is 1. The molecule has 0 spiro atoms. The maximum atomic E-state index is 12.0. The van der Waals surface area contributed by atoms with Crippen molar-refractivity contribution in [3.8, 4) is 0 Å². The van der Waals surface area contributed by atoms with E-state index in [1.165, 1.54) is 0 Å². The average Bonchev–Trinajstić information content (AvgIpc) is 3.35. The van der Waals surface area contributed by atoms with Crippen molar-refractivity contribution in [1.82, 2.24) is 24.4 Å². The molecule has 1 N–H and O–H groups in total. The largest absolute Gasteiger partial charge is 0.290 e. The van der Waals surface area contributed by atoms with Crippen molar-refractivity contribution in [3.05, 3.63) is 48.0 Å². The molecule has 2 aliphatic rings. The Bertz CT molecular complexity index is 817. The van der Waals surface area contributed by atoms with E-state index in [9.17, 15) is 8.42 Å². The van der Waals surface area contributed by atoms with Crippen LogP contribution in [-0.2, 0) is 23.1 Å². The summed E-state index contributed by atoms with van der Waals surface area (Å²) in [5, 5.41) is 4.27. The predicted molar refractivity (Wildman–Crippen MR) is 94.2 cm³/mol. The molecule has 1 aliphatic carbocycles. The fraction of sp³-hybridized carbons (Fsp3) is 0.529. The second kappa shape index (κ2) is 6.86. The number of sulfonamides is 1. The highest BCUT2D eigenvalue weighted by atomic mass is 32.2. The first kappa shape index (κ1) is 16.7. The van der Waals surface area contributed by atoms with Crippen LogP contribution in [0.4, 0.5) is 0 Å². The van der Waals surface area contributed by atoms with Crippen LogP contribution in [0, 0.1) is 0 Å². The number of nitrogens with zero attached hydrogens (tertiary/aromatic N) is 4. The van der Waals surface area contributed by atoms with E-state index in [4.69, 9.17) is 0 Å². The van der Waals surface area contributed by atoms with Crippen molar-refractivity contribution < 1.29 is 8.42 Å². The highest BCUT2D eigenvalue weighted by Gasteiger charge is 2.35. The molecule has 0 saturated heterocycles. The molecule has 134 valence electrons. The summed E-state index contributed by atoms with van der Waals surface area (Å²) in [5.41, 5.74) is 2.21. The van der Waals surface area contributed by atoms with Gasteiger partial charge in [-0.2, -0.15) is 5.10 Å². The maximum absolute atomic E-state index is 12.0. The monoisotopic (exact) mass is 361 g/mol. The van der Waals surface area contributed by atoms with Gasteiger partial charge in [-0.15, -0.1) is 0 Å². The van der Waals surface area contributed by atoms with E-state index in [1.807, 2.05) is 41.3 Å². The molecule has 3 heterocycles. The van der Waals surface area contributed by atoms with Crippen molar-refractivity contribution in [3.63, 3.8) is 0 Å². The van der Waals surface area contributed by atoms with Crippen molar-refractivity contribution in [2.24, 2.45) is 0 Å². The van der Waals surface area contributed by atoms with E-state index in [1.54, 1.807) is 0 Å². The fourth-order valence-corrected chi connectivity index (χ4v) is 4.78. The van der Waals surface area contributed by atoms with E-state index in [0.29, 0.717) is 6.54 Å². The van der Waals surface area contributed by atoms with Gasteiger partial charge in [0, 0.05) is 38.6 Å². The summed E-state index contributed by atoms with van der Waals surface area (Å²) < 4.78 is 28.8. The molecule has 1 fully saturated rings. The summed E-state index contributed by atoms with van der Waals surface area (Å²) in [6.07, 6.45) is 5.95. The fourth-order valence-electron chi connectivity index (χ4n) is 3.38. The smallest absolute Gasteiger partial charge is 0.214 e. The lowest BCUT2D eigenvalue weighted by Crippen LogP contribution is -2.39. The molecule has 2 aromatic heterocycles. The van der Waals surface area contributed by atoms with Gasteiger partial charge in [0.05, 0.1) is 22.7 Å². The Hall–Kier alpha value is -1.77. The Kier molecular flexibility index (Phi) is 4.58. The summed E-state index contributed by atoms with van der Waals surface area (Å²) in [4.78, 5) is 6.75. The molecule has 1 aliphatic heterocycles. The second-order valence-corrected chi connectivity index (χ2v) is 8.88. The van der Waals surface area contributed by atoms with Crippen molar-refractivity contribution in [2.45, 2.75) is 43.6 Å². The highest BCUT2D eigenvalue weighted by molar-refractivity contribution is 7.90.